The van der Waals surface area contributed by atoms with Gasteiger partial charge in [0.25, 0.3) is 0 Å². The van der Waals surface area contributed by atoms with Gasteiger partial charge in [0.15, 0.2) is 0 Å². The molecule has 0 spiro atoms. The third kappa shape index (κ3) is 2.76. The second kappa shape index (κ2) is 5.02. The van der Waals surface area contributed by atoms with Crippen LogP contribution >= 0.6 is 0 Å². The molecule has 18 heavy (non-hydrogen) atoms. The standard InChI is InChI=1S/C16H23NO/c1-11-2-4-13(5-3-11)16(14-6-7-14)17-10-12-8-15(18)9-12/h2-5,12,14-18H,6-10H2,1H3. The van der Waals surface area contributed by atoms with Crippen LogP contribution in [-0.4, -0.2) is 17.8 Å². The molecule has 2 N–H and O–H groups in total. The molecule has 2 saturated carbocycles. The molecule has 2 aliphatic carbocycles. The molecule has 2 heteroatoms. The van der Waals surface area contributed by atoms with Crippen LogP contribution in [0.3, 0.4) is 0 Å². The molecule has 1 aromatic rings. The Kier molecular flexibility index (Phi) is 3.40. The minimum atomic E-state index is -0.0319. The van der Waals surface area contributed by atoms with E-state index in [-0.39, 0.29) is 6.10 Å². The molecule has 0 heterocycles. The fraction of sp³-hybridized carbons (Fsp3) is 0.625. The van der Waals surface area contributed by atoms with Crippen LogP contribution < -0.4 is 5.32 Å². The van der Waals surface area contributed by atoms with Gasteiger partial charge in [0.1, 0.15) is 0 Å². The summed E-state index contributed by atoms with van der Waals surface area (Å²) in [6.45, 7) is 3.20. The summed E-state index contributed by atoms with van der Waals surface area (Å²) in [4.78, 5) is 0. The maximum atomic E-state index is 9.32. The number of aliphatic hydroxyl groups excluding tert-OH is 1. The van der Waals surface area contributed by atoms with Crippen molar-refractivity contribution in [3.05, 3.63) is 35.4 Å². The molecule has 0 aromatic heterocycles. The molecule has 0 bridgehead atoms. The van der Waals surface area contributed by atoms with Crippen molar-refractivity contribution in [1.29, 1.82) is 0 Å². The fourth-order valence-electron chi connectivity index (χ4n) is 2.92. The van der Waals surface area contributed by atoms with Gasteiger partial charge in [-0.15, -0.1) is 0 Å². The molecule has 0 aliphatic heterocycles. The van der Waals surface area contributed by atoms with Crippen molar-refractivity contribution >= 4 is 0 Å². The third-order valence-electron chi connectivity index (χ3n) is 4.37. The highest BCUT2D eigenvalue weighted by Gasteiger charge is 2.34. The van der Waals surface area contributed by atoms with Crippen LogP contribution in [0.5, 0.6) is 0 Å². The maximum absolute atomic E-state index is 9.32. The van der Waals surface area contributed by atoms with E-state index in [0.717, 1.165) is 25.3 Å². The van der Waals surface area contributed by atoms with Crippen molar-refractivity contribution in [3.8, 4) is 0 Å². The summed E-state index contributed by atoms with van der Waals surface area (Å²) in [5.74, 6) is 1.52. The number of hydrogen-bond acceptors (Lipinski definition) is 2. The summed E-state index contributed by atoms with van der Waals surface area (Å²) >= 11 is 0. The molecule has 1 aromatic carbocycles. The van der Waals surface area contributed by atoms with Gasteiger partial charge < -0.3 is 10.4 Å². The van der Waals surface area contributed by atoms with Crippen molar-refractivity contribution in [2.45, 2.75) is 44.8 Å². The Morgan fingerprint density at radius 3 is 2.44 bits per heavy atom. The highest BCUT2D eigenvalue weighted by molar-refractivity contribution is 5.25. The molecule has 2 aliphatic rings. The smallest absolute Gasteiger partial charge is 0.0546 e. The third-order valence-corrected chi connectivity index (χ3v) is 4.37. The average Bonchev–Trinajstić information content (AvgIpc) is 3.13. The highest BCUT2D eigenvalue weighted by Crippen LogP contribution is 2.41. The summed E-state index contributed by atoms with van der Waals surface area (Å²) < 4.78 is 0. The van der Waals surface area contributed by atoms with Crippen LogP contribution in [0.1, 0.15) is 42.9 Å². The normalized spacial score (nSPS) is 28.8. The maximum Gasteiger partial charge on any atom is 0.0546 e. The Morgan fingerprint density at radius 2 is 1.89 bits per heavy atom. The molecule has 0 radical (unpaired) electrons. The number of nitrogens with one attached hydrogen (secondary N) is 1. The van der Waals surface area contributed by atoms with Gasteiger partial charge in [-0.3, -0.25) is 0 Å². The summed E-state index contributed by atoms with van der Waals surface area (Å²) in [7, 11) is 0. The van der Waals surface area contributed by atoms with Gasteiger partial charge in [-0.05, 0) is 56.6 Å². The van der Waals surface area contributed by atoms with E-state index in [4.69, 9.17) is 0 Å². The molecule has 1 atom stereocenters. The van der Waals surface area contributed by atoms with Crippen molar-refractivity contribution < 1.29 is 5.11 Å². The lowest BCUT2D eigenvalue weighted by Crippen LogP contribution is -2.38. The average molecular weight is 245 g/mol. The lowest BCUT2D eigenvalue weighted by Gasteiger charge is -2.33. The Labute approximate surface area is 109 Å². The van der Waals surface area contributed by atoms with Crippen LogP contribution in [0.4, 0.5) is 0 Å². The van der Waals surface area contributed by atoms with E-state index in [0.29, 0.717) is 12.0 Å². The van der Waals surface area contributed by atoms with E-state index < -0.39 is 0 Å². The molecule has 3 rings (SSSR count). The quantitative estimate of drug-likeness (QED) is 0.836. The Hall–Kier alpha value is -0.860. The molecule has 98 valence electrons. The van der Waals surface area contributed by atoms with Gasteiger partial charge in [-0.2, -0.15) is 0 Å². The number of aliphatic hydroxyl groups is 1. The van der Waals surface area contributed by atoms with E-state index in [9.17, 15) is 5.11 Å². The van der Waals surface area contributed by atoms with Gasteiger partial charge in [0.05, 0.1) is 6.10 Å². The zero-order valence-corrected chi connectivity index (χ0v) is 11.1. The number of hydrogen-bond donors (Lipinski definition) is 2. The molecule has 2 nitrogen and oxygen atoms in total. The molecule has 1 unspecified atom stereocenters. The first-order chi connectivity index (χ1) is 8.72. The van der Waals surface area contributed by atoms with Crippen LogP contribution in [0.15, 0.2) is 24.3 Å². The number of aryl methyl sites for hydroxylation is 1. The van der Waals surface area contributed by atoms with Crippen LogP contribution in [-0.2, 0) is 0 Å². The van der Waals surface area contributed by atoms with Gasteiger partial charge in [0, 0.05) is 6.04 Å². The van der Waals surface area contributed by atoms with E-state index in [1.165, 1.54) is 24.0 Å². The number of benzene rings is 1. The second-order valence-corrected chi connectivity index (χ2v) is 6.13. The first-order valence-corrected chi connectivity index (χ1v) is 7.20. The first-order valence-electron chi connectivity index (χ1n) is 7.20. The molecular weight excluding hydrogens is 222 g/mol. The highest BCUT2D eigenvalue weighted by atomic mass is 16.3. The number of rotatable bonds is 5. The monoisotopic (exact) mass is 245 g/mol. The Morgan fingerprint density at radius 1 is 1.22 bits per heavy atom. The summed E-state index contributed by atoms with van der Waals surface area (Å²) in [6.07, 6.45) is 4.66. The van der Waals surface area contributed by atoms with Crippen LogP contribution in [0, 0.1) is 18.8 Å². The summed E-state index contributed by atoms with van der Waals surface area (Å²) in [6, 6.07) is 9.48. The fourth-order valence-corrected chi connectivity index (χ4v) is 2.92. The first kappa shape index (κ1) is 12.2. The molecule has 0 amide bonds. The van der Waals surface area contributed by atoms with Crippen LogP contribution in [0.25, 0.3) is 0 Å². The van der Waals surface area contributed by atoms with E-state index >= 15 is 0 Å². The zero-order chi connectivity index (χ0) is 12.5. The minimum Gasteiger partial charge on any atom is -0.393 e. The Balaban J connectivity index is 1.59. The van der Waals surface area contributed by atoms with Crippen molar-refractivity contribution in [2.75, 3.05) is 6.54 Å². The van der Waals surface area contributed by atoms with E-state index in [1.807, 2.05) is 0 Å². The summed E-state index contributed by atoms with van der Waals surface area (Å²) in [5, 5.41) is 13.1. The van der Waals surface area contributed by atoms with E-state index in [1.54, 1.807) is 0 Å². The topological polar surface area (TPSA) is 32.3 Å². The van der Waals surface area contributed by atoms with Gasteiger partial charge in [0.2, 0.25) is 0 Å². The van der Waals surface area contributed by atoms with Gasteiger partial charge in [-0.25, -0.2) is 0 Å². The molecule has 2 fully saturated rings. The van der Waals surface area contributed by atoms with Crippen molar-refractivity contribution in [2.24, 2.45) is 11.8 Å². The van der Waals surface area contributed by atoms with Crippen LogP contribution in [0.2, 0.25) is 0 Å². The van der Waals surface area contributed by atoms with Gasteiger partial charge in [-0.1, -0.05) is 29.8 Å². The van der Waals surface area contributed by atoms with E-state index in [2.05, 4.69) is 36.5 Å². The predicted molar refractivity (Wildman–Crippen MR) is 73.4 cm³/mol. The molecule has 0 saturated heterocycles. The lowest BCUT2D eigenvalue weighted by atomic mass is 9.82. The van der Waals surface area contributed by atoms with Crippen molar-refractivity contribution in [3.63, 3.8) is 0 Å². The zero-order valence-electron chi connectivity index (χ0n) is 11.1. The summed E-state index contributed by atoms with van der Waals surface area (Å²) in [5.41, 5.74) is 2.76. The minimum absolute atomic E-state index is 0.0319. The largest absolute Gasteiger partial charge is 0.393 e. The lowest BCUT2D eigenvalue weighted by molar-refractivity contribution is 0.0415. The predicted octanol–water partition coefficient (Wildman–Crippen LogP) is 2.81. The van der Waals surface area contributed by atoms with Crippen molar-refractivity contribution in [1.82, 2.24) is 5.32 Å². The SMILES string of the molecule is Cc1ccc(C(NCC2CC(O)C2)C2CC2)cc1. The van der Waals surface area contributed by atoms with Gasteiger partial charge >= 0.3 is 0 Å². The Bertz CT molecular complexity index is 390. The molecular formula is C16H23NO. The second-order valence-electron chi connectivity index (χ2n) is 6.13.